The third-order valence-corrected chi connectivity index (χ3v) is 6.05. The van der Waals surface area contributed by atoms with Gasteiger partial charge in [0.1, 0.15) is 0 Å². The van der Waals surface area contributed by atoms with Crippen molar-refractivity contribution in [1.82, 2.24) is 10.2 Å². The Morgan fingerprint density at radius 2 is 1.55 bits per heavy atom. The lowest BCUT2D eigenvalue weighted by Gasteiger charge is -2.36. The van der Waals surface area contributed by atoms with E-state index < -0.39 is 0 Å². The third-order valence-electron chi connectivity index (χ3n) is 5.80. The molecule has 8 heteroatoms. The van der Waals surface area contributed by atoms with Crippen molar-refractivity contribution in [2.24, 2.45) is 0 Å². The number of piperazine rings is 1. The first-order valence-corrected chi connectivity index (χ1v) is 10.8. The number of hydrogen-bond donors (Lipinski definition) is 1. The monoisotopic (exact) mass is 440 g/mol. The first-order chi connectivity index (χ1) is 14.9. The van der Waals surface area contributed by atoms with E-state index in [0.717, 1.165) is 11.4 Å². The molecule has 0 saturated carbocycles. The Bertz CT molecular complexity index is 969. The van der Waals surface area contributed by atoms with E-state index in [1.54, 1.807) is 28.9 Å². The number of nitrogens with one attached hydrogen (secondary N) is 1. The van der Waals surface area contributed by atoms with Crippen molar-refractivity contribution in [1.29, 1.82) is 0 Å². The molecule has 2 aromatic rings. The summed E-state index contributed by atoms with van der Waals surface area (Å²) >= 11 is 5.92. The van der Waals surface area contributed by atoms with Crippen LogP contribution < -0.4 is 15.1 Å². The number of hydrogen-bond acceptors (Lipinski definition) is 4. The third kappa shape index (κ3) is 4.82. The van der Waals surface area contributed by atoms with Gasteiger partial charge in [0.25, 0.3) is 0 Å². The van der Waals surface area contributed by atoms with Crippen LogP contribution in [0, 0.1) is 0 Å². The summed E-state index contributed by atoms with van der Waals surface area (Å²) in [6, 6.07) is 14.3. The second-order valence-corrected chi connectivity index (χ2v) is 8.34. The zero-order valence-electron chi connectivity index (χ0n) is 17.4. The van der Waals surface area contributed by atoms with E-state index in [9.17, 15) is 14.4 Å². The molecule has 2 fully saturated rings. The molecule has 1 unspecified atom stereocenters. The molecule has 0 aromatic heterocycles. The molecule has 0 aliphatic carbocycles. The Kier molecular flexibility index (Phi) is 6.13. The molecule has 4 rings (SSSR count). The van der Waals surface area contributed by atoms with E-state index in [-0.39, 0.29) is 30.2 Å². The molecule has 1 atom stereocenters. The van der Waals surface area contributed by atoms with Crippen LogP contribution in [-0.2, 0) is 4.79 Å². The molecule has 162 valence electrons. The molecule has 2 heterocycles. The SMILES string of the molecule is CC(=O)c1ccc(N2CCN(C(=O)NC3CC(=O)N(c4ccc(Cl)cc4)C3)CC2)cc1. The molecular formula is C23H25ClN4O3. The summed E-state index contributed by atoms with van der Waals surface area (Å²) in [6.07, 6.45) is 0.289. The largest absolute Gasteiger partial charge is 0.368 e. The van der Waals surface area contributed by atoms with Crippen LogP contribution in [-0.4, -0.2) is 61.4 Å². The molecule has 1 N–H and O–H groups in total. The molecule has 2 aromatic carbocycles. The average molecular weight is 441 g/mol. The molecule has 2 saturated heterocycles. The number of carbonyl (C=O) groups excluding carboxylic acids is 3. The number of urea groups is 1. The minimum Gasteiger partial charge on any atom is -0.368 e. The molecule has 2 aliphatic rings. The summed E-state index contributed by atoms with van der Waals surface area (Å²) in [5, 5.41) is 3.63. The number of halogens is 1. The van der Waals surface area contributed by atoms with Gasteiger partial charge in [0.05, 0.1) is 6.04 Å². The van der Waals surface area contributed by atoms with Crippen molar-refractivity contribution in [2.45, 2.75) is 19.4 Å². The van der Waals surface area contributed by atoms with Crippen molar-refractivity contribution in [2.75, 3.05) is 42.5 Å². The number of rotatable bonds is 4. The maximum atomic E-state index is 12.7. The Morgan fingerprint density at radius 3 is 2.16 bits per heavy atom. The second-order valence-electron chi connectivity index (χ2n) is 7.91. The fourth-order valence-electron chi connectivity index (χ4n) is 4.02. The van der Waals surface area contributed by atoms with Crippen molar-refractivity contribution in [3.8, 4) is 0 Å². The number of ketones is 1. The fraction of sp³-hybridized carbons (Fsp3) is 0.348. The molecule has 0 radical (unpaired) electrons. The molecular weight excluding hydrogens is 416 g/mol. The van der Waals surface area contributed by atoms with Gasteiger partial charge in [-0.05, 0) is 55.5 Å². The molecule has 2 aliphatic heterocycles. The minimum atomic E-state index is -0.215. The number of carbonyl (C=O) groups is 3. The van der Waals surface area contributed by atoms with Crippen LogP contribution in [0.25, 0.3) is 0 Å². The summed E-state index contributed by atoms with van der Waals surface area (Å²) in [6.45, 7) is 4.64. The van der Waals surface area contributed by atoms with Crippen LogP contribution in [0.15, 0.2) is 48.5 Å². The van der Waals surface area contributed by atoms with E-state index in [0.29, 0.717) is 43.3 Å². The molecule has 3 amide bonds. The zero-order chi connectivity index (χ0) is 22.0. The molecule has 0 spiro atoms. The Hall–Kier alpha value is -3.06. The van der Waals surface area contributed by atoms with E-state index >= 15 is 0 Å². The van der Waals surface area contributed by atoms with E-state index in [2.05, 4.69) is 10.2 Å². The highest BCUT2D eigenvalue weighted by atomic mass is 35.5. The molecule has 0 bridgehead atoms. The predicted molar refractivity (Wildman–Crippen MR) is 121 cm³/mol. The Labute approximate surface area is 186 Å². The summed E-state index contributed by atoms with van der Waals surface area (Å²) in [4.78, 5) is 42.2. The van der Waals surface area contributed by atoms with Crippen LogP contribution in [0.4, 0.5) is 16.2 Å². The van der Waals surface area contributed by atoms with Gasteiger partial charge in [-0.2, -0.15) is 0 Å². The highest BCUT2D eigenvalue weighted by Crippen LogP contribution is 2.24. The summed E-state index contributed by atoms with van der Waals surface area (Å²) < 4.78 is 0. The summed E-state index contributed by atoms with van der Waals surface area (Å²) in [7, 11) is 0. The summed E-state index contributed by atoms with van der Waals surface area (Å²) in [5.74, 6) is 0.0412. The first-order valence-electron chi connectivity index (χ1n) is 10.4. The lowest BCUT2D eigenvalue weighted by Crippen LogP contribution is -2.53. The van der Waals surface area contributed by atoms with Crippen LogP contribution in [0.2, 0.25) is 5.02 Å². The van der Waals surface area contributed by atoms with E-state index in [4.69, 9.17) is 11.6 Å². The standard InChI is InChI=1S/C23H25ClN4O3/c1-16(29)17-2-6-20(7-3-17)26-10-12-27(13-11-26)23(31)25-19-14-22(30)28(15-19)21-8-4-18(24)5-9-21/h2-9,19H,10-15H2,1H3,(H,25,31). The first kappa shape index (κ1) is 21.2. The maximum absolute atomic E-state index is 12.7. The van der Waals surface area contributed by atoms with Gasteiger partial charge in [-0.25, -0.2) is 4.79 Å². The number of anilines is 2. The maximum Gasteiger partial charge on any atom is 0.317 e. The zero-order valence-corrected chi connectivity index (χ0v) is 18.1. The van der Waals surface area contributed by atoms with Crippen molar-refractivity contribution < 1.29 is 14.4 Å². The van der Waals surface area contributed by atoms with Gasteiger partial charge in [-0.3, -0.25) is 9.59 Å². The lowest BCUT2D eigenvalue weighted by atomic mass is 10.1. The van der Waals surface area contributed by atoms with Gasteiger partial charge in [-0.1, -0.05) is 11.6 Å². The van der Waals surface area contributed by atoms with Crippen molar-refractivity contribution >= 4 is 40.7 Å². The highest BCUT2D eigenvalue weighted by molar-refractivity contribution is 6.30. The van der Waals surface area contributed by atoms with Gasteiger partial charge in [-0.15, -0.1) is 0 Å². The van der Waals surface area contributed by atoms with Gasteiger partial charge in [0, 0.05) is 61.1 Å². The molecule has 7 nitrogen and oxygen atoms in total. The number of Topliss-reactive ketones (excluding diaryl/α,β-unsaturated/α-hetero) is 1. The Balaban J connectivity index is 1.29. The van der Waals surface area contributed by atoms with Crippen LogP contribution in [0.1, 0.15) is 23.7 Å². The number of amides is 3. The summed E-state index contributed by atoms with van der Waals surface area (Å²) in [5.41, 5.74) is 2.53. The van der Waals surface area contributed by atoms with Gasteiger partial charge >= 0.3 is 6.03 Å². The van der Waals surface area contributed by atoms with Crippen LogP contribution in [0.3, 0.4) is 0 Å². The average Bonchev–Trinajstić information content (AvgIpc) is 3.14. The Morgan fingerprint density at radius 1 is 0.935 bits per heavy atom. The highest BCUT2D eigenvalue weighted by Gasteiger charge is 2.33. The smallest absolute Gasteiger partial charge is 0.317 e. The van der Waals surface area contributed by atoms with Crippen LogP contribution in [0.5, 0.6) is 0 Å². The van der Waals surface area contributed by atoms with Crippen LogP contribution >= 0.6 is 11.6 Å². The van der Waals surface area contributed by atoms with Crippen molar-refractivity contribution in [3.05, 3.63) is 59.1 Å². The van der Waals surface area contributed by atoms with Gasteiger partial charge < -0.3 is 20.0 Å². The van der Waals surface area contributed by atoms with E-state index in [1.807, 2.05) is 36.4 Å². The lowest BCUT2D eigenvalue weighted by molar-refractivity contribution is -0.117. The quantitative estimate of drug-likeness (QED) is 0.741. The second kappa shape index (κ2) is 8.98. The van der Waals surface area contributed by atoms with Gasteiger partial charge in [0.15, 0.2) is 5.78 Å². The van der Waals surface area contributed by atoms with E-state index in [1.165, 1.54) is 0 Å². The van der Waals surface area contributed by atoms with Gasteiger partial charge in [0.2, 0.25) is 5.91 Å². The number of nitrogens with zero attached hydrogens (tertiary/aromatic N) is 3. The minimum absolute atomic E-state index is 0.00792. The number of benzene rings is 2. The predicted octanol–water partition coefficient (Wildman–Crippen LogP) is 3.18. The topological polar surface area (TPSA) is 73.0 Å². The fourth-order valence-corrected chi connectivity index (χ4v) is 4.14. The normalized spacial score (nSPS) is 19.0. The van der Waals surface area contributed by atoms with Crippen molar-refractivity contribution in [3.63, 3.8) is 0 Å². The molecule has 31 heavy (non-hydrogen) atoms.